The number of carboxylic acids is 1. The average Bonchev–Trinajstić information content (AvgIpc) is 2.32. The maximum Gasteiger partial charge on any atom is 0.337 e. The van der Waals surface area contributed by atoms with E-state index in [0.717, 1.165) is 0 Å². The summed E-state index contributed by atoms with van der Waals surface area (Å²) < 4.78 is 0. The second-order valence-electron chi connectivity index (χ2n) is 4.20. The number of aromatic carboxylic acids is 1. The van der Waals surface area contributed by atoms with Gasteiger partial charge in [-0.05, 0) is 18.2 Å². The third-order valence-corrected chi connectivity index (χ3v) is 3.22. The van der Waals surface area contributed by atoms with Crippen LogP contribution >= 0.6 is 11.6 Å². The Balaban J connectivity index is 2.33. The van der Waals surface area contributed by atoms with Gasteiger partial charge in [-0.15, -0.1) is 0 Å². The lowest BCUT2D eigenvalue weighted by molar-refractivity contribution is -0.129. The molecule has 1 aliphatic heterocycles. The summed E-state index contributed by atoms with van der Waals surface area (Å²) in [6.45, 7) is 1.39. The van der Waals surface area contributed by atoms with Gasteiger partial charge in [0.05, 0.1) is 17.8 Å². The van der Waals surface area contributed by atoms with E-state index < -0.39 is 5.97 Å². The van der Waals surface area contributed by atoms with Crippen LogP contribution in [0.4, 0.5) is 5.69 Å². The van der Waals surface area contributed by atoms with E-state index in [1.165, 1.54) is 6.07 Å². The van der Waals surface area contributed by atoms with Crippen LogP contribution in [0, 0.1) is 0 Å². The molecule has 1 saturated heterocycles. The number of carbonyl (C=O) groups is 2. The van der Waals surface area contributed by atoms with Crippen molar-refractivity contribution in [1.29, 1.82) is 0 Å². The van der Waals surface area contributed by atoms with Gasteiger partial charge in [-0.2, -0.15) is 0 Å². The van der Waals surface area contributed by atoms with Gasteiger partial charge in [-0.1, -0.05) is 11.6 Å². The highest BCUT2D eigenvalue weighted by atomic mass is 35.5. The maximum absolute atomic E-state index is 11.6. The van der Waals surface area contributed by atoms with Gasteiger partial charge in [0.25, 0.3) is 0 Å². The van der Waals surface area contributed by atoms with Gasteiger partial charge in [0.15, 0.2) is 0 Å². The molecule has 0 aromatic heterocycles. The Labute approximate surface area is 110 Å². The highest BCUT2D eigenvalue weighted by molar-refractivity contribution is 6.31. The lowest BCUT2D eigenvalue weighted by atomic mass is 10.1. The Morgan fingerprint density at radius 1 is 1.39 bits per heavy atom. The monoisotopic (exact) mass is 268 g/mol. The highest BCUT2D eigenvalue weighted by Crippen LogP contribution is 2.25. The number of piperazine rings is 1. The number of benzene rings is 1. The summed E-state index contributed by atoms with van der Waals surface area (Å²) in [5, 5.41) is 9.53. The van der Waals surface area contributed by atoms with Crippen LogP contribution in [0.2, 0.25) is 5.02 Å². The van der Waals surface area contributed by atoms with Crippen LogP contribution in [0.3, 0.4) is 0 Å². The summed E-state index contributed by atoms with van der Waals surface area (Å²) in [7, 11) is 1.74. The Morgan fingerprint density at radius 2 is 2.11 bits per heavy atom. The number of rotatable bonds is 2. The molecule has 0 bridgehead atoms. The molecule has 6 heteroatoms. The van der Waals surface area contributed by atoms with Gasteiger partial charge < -0.3 is 14.9 Å². The van der Waals surface area contributed by atoms with Crippen LogP contribution in [0.25, 0.3) is 0 Å². The number of amides is 1. The lowest BCUT2D eigenvalue weighted by Gasteiger charge is -2.34. The first kappa shape index (κ1) is 12.7. The molecule has 1 amide bonds. The van der Waals surface area contributed by atoms with Crippen LogP contribution in [0.15, 0.2) is 18.2 Å². The summed E-state index contributed by atoms with van der Waals surface area (Å²) >= 11 is 5.79. The second kappa shape index (κ2) is 4.86. The van der Waals surface area contributed by atoms with E-state index in [1.807, 2.05) is 0 Å². The summed E-state index contributed by atoms with van der Waals surface area (Å²) in [5.41, 5.74) is 0.660. The van der Waals surface area contributed by atoms with Gasteiger partial charge >= 0.3 is 5.97 Å². The van der Waals surface area contributed by atoms with Crippen LogP contribution in [-0.2, 0) is 4.79 Å². The highest BCUT2D eigenvalue weighted by Gasteiger charge is 2.24. The zero-order chi connectivity index (χ0) is 13.3. The van der Waals surface area contributed by atoms with E-state index in [1.54, 1.807) is 29.0 Å². The smallest absolute Gasteiger partial charge is 0.337 e. The number of anilines is 1. The second-order valence-corrected chi connectivity index (χ2v) is 4.64. The SMILES string of the molecule is CN1CCN(c2ccc(Cl)cc2C(=O)O)CC1=O. The molecule has 96 valence electrons. The topological polar surface area (TPSA) is 60.9 Å². The minimum absolute atomic E-state index is 0.0208. The number of halogens is 1. The number of hydrogen-bond acceptors (Lipinski definition) is 3. The predicted molar refractivity (Wildman–Crippen MR) is 68.3 cm³/mol. The first-order chi connectivity index (χ1) is 8.49. The third kappa shape index (κ3) is 2.41. The molecule has 1 aromatic rings. The summed E-state index contributed by atoms with van der Waals surface area (Å²) in [6.07, 6.45) is 0. The van der Waals surface area contributed by atoms with Crippen molar-refractivity contribution in [3.05, 3.63) is 28.8 Å². The molecule has 1 N–H and O–H groups in total. The minimum Gasteiger partial charge on any atom is -0.478 e. The molecule has 5 nitrogen and oxygen atoms in total. The molecule has 1 heterocycles. The molecule has 0 unspecified atom stereocenters. The van der Waals surface area contributed by atoms with Crippen molar-refractivity contribution < 1.29 is 14.7 Å². The van der Waals surface area contributed by atoms with Gasteiger partial charge in [-0.25, -0.2) is 4.79 Å². The van der Waals surface area contributed by atoms with Crippen molar-refractivity contribution in [2.24, 2.45) is 0 Å². The molecule has 0 aliphatic carbocycles. The molecule has 1 aliphatic rings. The van der Waals surface area contributed by atoms with Crippen LogP contribution in [0.5, 0.6) is 0 Å². The third-order valence-electron chi connectivity index (χ3n) is 2.99. The van der Waals surface area contributed by atoms with Crippen molar-refractivity contribution in [2.75, 3.05) is 31.6 Å². The van der Waals surface area contributed by atoms with Crippen molar-refractivity contribution in [1.82, 2.24) is 4.90 Å². The molecule has 0 spiro atoms. The van der Waals surface area contributed by atoms with E-state index in [-0.39, 0.29) is 18.0 Å². The fraction of sp³-hybridized carbons (Fsp3) is 0.333. The van der Waals surface area contributed by atoms with Crippen molar-refractivity contribution in [3.8, 4) is 0 Å². The largest absolute Gasteiger partial charge is 0.478 e. The summed E-state index contributed by atoms with van der Waals surface area (Å²) in [6, 6.07) is 4.68. The Kier molecular flexibility index (Phi) is 3.43. The number of carboxylic acid groups (broad SMARTS) is 1. The normalized spacial score (nSPS) is 16.0. The van der Waals surface area contributed by atoms with Crippen molar-refractivity contribution in [2.45, 2.75) is 0 Å². The molecular formula is C12H13ClN2O3. The van der Waals surface area contributed by atoms with E-state index in [0.29, 0.717) is 23.8 Å². The number of carbonyl (C=O) groups excluding carboxylic acids is 1. The quantitative estimate of drug-likeness (QED) is 0.879. The van der Waals surface area contributed by atoms with Crippen molar-refractivity contribution >= 4 is 29.2 Å². The summed E-state index contributed by atoms with van der Waals surface area (Å²) in [5.74, 6) is -1.06. The number of likely N-dealkylation sites (N-methyl/N-ethyl adjacent to an activating group) is 1. The Morgan fingerprint density at radius 3 is 2.72 bits per heavy atom. The fourth-order valence-electron chi connectivity index (χ4n) is 1.92. The number of hydrogen-bond donors (Lipinski definition) is 1. The lowest BCUT2D eigenvalue weighted by Crippen LogP contribution is -2.48. The Bertz CT molecular complexity index is 504. The zero-order valence-electron chi connectivity index (χ0n) is 9.89. The van der Waals surface area contributed by atoms with Crippen molar-refractivity contribution in [3.63, 3.8) is 0 Å². The van der Waals surface area contributed by atoms with E-state index in [9.17, 15) is 9.59 Å². The molecule has 0 radical (unpaired) electrons. The molecular weight excluding hydrogens is 256 g/mol. The molecule has 0 saturated carbocycles. The van der Waals surface area contributed by atoms with Gasteiger partial charge in [0.1, 0.15) is 0 Å². The van der Waals surface area contributed by atoms with Gasteiger partial charge in [0, 0.05) is 25.2 Å². The van der Waals surface area contributed by atoms with Gasteiger partial charge in [-0.3, -0.25) is 4.79 Å². The predicted octanol–water partition coefficient (Wildman–Crippen LogP) is 1.32. The van der Waals surface area contributed by atoms with E-state index in [4.69, 9.17) is 16.7 Å². The average molecular weight is 269 g/mol. The first-order valence-corrected chi connectivity index (χ1v) is 5.88. The van der Waals surface area contributed by atoms with Gasteiger partial charge in [0.2, 0.25) is 5.91 Å². The van der Waals surface area contributed by atoms with E-state index in [2.05, 4.69) is 0 Å². The first-order valence-electron chi connectivity index (χ1n) is 5.51. The zero-order valence-corrected chi connectivity index (χ0v) is 10.6. The minimum atomic E-state index is -1.04. The molecule has 2 rings (SSSR count). The molecule has 0 atom stereocenters. The van der Waals surface area contributed by atoms with Crippen LogP contribution in [-0.4, -0.2) is 48.6 Å². The standard InChI is InChI=1S/C12H13ClN2O3/c1-14-4-5-15(7-11(14)16)10-3-2-8(13)6-9(10)12(17)18/h2-3,6H,4-5,7H2,1H3,(H,17,18). The maximum atomic E-state index is 11.6. The van der Waals surface area contributed by atoms with E-state index >= 15 is 0 Å². The molecule has 1 fully saturated rings. The fourth-order valence-corrected chi connectivity index (χ4v) is 2.09. The molecule has 1 aromatic carbocycles. The Hall–Kier alpha value is -1.75. The number of nitrogens with zero attached hydrogens (tertiary/aromatic N) is 2. The summed E-state index contributed by atoms with van der Waals surface area (Å²) in [4.78, 5) is 26.2. The van der Waals surface area contributed by atoms with Crippen LogP contribution < -0.4 is 4.90 Å². The molecule has 18 heavy (non-hydrogen) atoms. The van der Waals surface area contributed by atoms with Crippen LogP contribution in [0.1, 0.15) is 10.4 Å².